The van der Waals surface area contributed by atoms with Crippen LogP contribution in [0.2, 0.25) is 0 Å². The van der Waals surface area contributed by atoms with E-state index in [0.717, 1.165) is 17.3 Å². The highest BCUT2D eigenvalue weighted by Crippen LogP contribution is 2.24. The predicted octanol–water partition coefficient (Wildman–Crippen LogP) is 3.44. The van der Waals surface area contributed by atoms with Gasteiger partial charge in [-0.05, 0) is 56.4 Å². The van der Waals surface area contributed by atoms with E-state index in [4.69, 9.17) is 5.73 Å². The van der Waals surface area contributed by atoms with Crippen LogP contribution in [0.4, 0.5) is 5.69 Å². The highest BCUT2D eigenvalue weighted by Gasteiger charge is 2.18. The molecule has 1 aliphatic rings. The SMILES string of the molecule is Cc1cc(Br)cc(NC2CCC(N)CC2)c1. The predicted molar refractivity (Wildman–Crippen MR) is 72.7 cm³/mol. The molecule has 1 aromatic rings. The number of halogens is 1. The van der Waals surface area contributed by atoms with Crippen LogP contribution in [0.25, 0.3) is 0 Å². The first-order valence-corrected chi connectivity index (χ1v) is 6.72. The van der Waals surface area contributed by atoms with Gasteiger partial charge in [0.2, 0.25) is 0 Å². The quantitative estimate of drug-likeness (QED) is 0.872. The number of anilines is 1. The van der Waals surface area contributed by atoms with Crippen molar-refractivity contribution in [2.24, 2.45) is 5.73 Å². The first-order chi connectivity index (χ1) is 7.63. The molecule has 0 atom stereocenters. The van der Waals surface area contributed by atoms with Crippen molar-refractivity contribution in [3.8, 4) is 0 Å². The van der Waals surface area contributed by atoms with Crippen LogP contribution in [0.5, 0.6) is 0 Å². The van der Waals surface area contributed by atoms with E-state index in [1.165, 1.54) is 24.1 Å². The lowest BCUT2D eigenvalue weighted by atomic mass is 9.91. The Morgan fingerprint density at radius 3 is 2.50 bits per heavy atom. The largest absolute Gasteiger partial charge is 0.382 e. The van der Waals surface area contributed by atoms with Gasteiger partial charge in [0.25, 0.3) is 0 Å². The Balaban J connectivity index is 1.98. The summed E-state index contributed by atoms with van der Waals surface area (Å²) in [6.07, 6.45) is 4.66. The van der Waals surface area contributed by atoms with Gasteiger partial charge in [0, 0.05) is 22.2 Å². The maximum absolute atomic E-state index is 5.90. The molecule has 88 valence electrons. The van der Waals surface area contributed by atoms with Gasteiger partial charge in [0.1, 0.15) is 0 Å². The summed E-state index contributed by atoms with van der Waals surface area (Å²) >= 11 is 3.53. The molecule has 0 radical (unpaired) electrons. The van der Waals surface area contributed by atoms with Crippen LogP contribution in [0.15, 0.2) is 22.7 Å². The fraction of sp³-hybridized carbons (Fsp3) is 0.538. The third kappa shape index (κ3) is 3.22. The van der Waals surface area contributed by atoms with E-state index in [9.17, 15) is 0 Å². The number of benzene rings is 1. The van der Waals surface area contributed by atoms with Gasteiger partial charge in [-0.25, -0.2) is 0 Å². The normalized spacial score (nSPS) is 25.4. The Bertz CT molecular complexity index is 337. The standard InChI is InChI=1S/C13H19BrN2/c1-9-6-10(14)8-13(7-9)16-12-4-2-11(15)3-5-12/h6-8,11-12,16H,2-5,15H2,1H3. The Morgan fingerprint density at radius 1 is 1.19 bits per heavy atom. The zero-order chi connectivity index (χ0) is 11.5. The van der Waals surface area contributed by atoms with Crippen LogP contribution < -0.4 is 11.1 Å². The molecule has 2 rings (SSSR count). The van der Waals surface area contributed by atoms with E-state index >= 15 is 0 Å². The van der Waals surface area contributed by atoms with Gasteiger partial charge in [-0.15, -0.1) is 0 Å². The molecule has 1 aliphatic carbocycles. The third-order valence-electron chi connectivity index (χ3n) is 3.18. The van der Waals surface area contributed by atoms with Crippen LogP contribution in [-0.2, 0) is 0 Å². The fourth-order valence-electron chi connectivity index (χ4n) is 2.32. The van der Waals surface area contributed by atoms with Crippen LogP contribution >= 0.6 is 15.9 Å². The number of nitrogens with one attached hydrogen (secondary N) is 1. The van der Waals surface area contributed by atoms with E-state index in [1.54, 1.807) is 0 Å². The van der Waals surface area contributed by atoms with Gasteiger partial charge in [-0.1, -0.05) is 15.9 Å². The minimum absolute atomic E-state index is 0.419. The molecular weight excluding hydrogens is 264 g/mol. The summed E-state index contributed by atoms with van der Waals surface area (Å²) in [4.78, 5) is 0. The zero-order valence-corrected chi connectivity index (χ0v) is 11.3. The molecule has 0 aromatic heterocycles. The van der Waals surface area contributed by atoms with Crippen molar-refractivity contribution >= 4 is 21.6 Å². The van der Waals surface area contributed by atoms with Crippen LogP contribution in [0, 0.1) is 6.92 Å². The van der Waals surface area contributed by atoms with Crippen LogP contribution in [0.1, 0.15) is 31.2 Å². The molecule has 3 heteroatoms. The summed E-state index contributed by atoms with van der Waals surface area (Å²) in [5, 5.41) is 3.60. The molecule has 1 aromatic carbocycles. The van der Waals surface area contributed by atoms with Crippen molar-refractivity contribution in [3.05, 3.63) is 28.2 Å². The Hall–Kier alpha value is -0.540. The molecule has 0 bridgehead atoms. The maximum Gasteiger partial charge on any atom is 0.0356 e. The van der Waals surface area contributed by atoms with E-state index in [2.05, 4.69) is 46.4 Å². The van der Waals surface area contributed by atoms with Crippen LogP contribution in [-0.4, -0.2) is 12.1 Å². The maximum atomic E-state index is 5.90. The molecule has 3 N–H and O–H groups in total. The Kier molecular flexibility index (Phi) is 3.87. The minimum atomic E-state index is 0.419. The van der Waals surface area contributed by atoms with Gasteiger partial charge >= 0.3 is 0 Å². The van der Waals surface area contributed by atoms with Crippen molar-refractivity contribution in [2.45, 2.75) is 44.7 Å². The lowest BCUT2D eigenvalue weighted by Gasteiger charge is -2.27. The summed E-state index contributed by atoms with van der Waals surface area (Å²) in [7, 11) is 0. The smallest absolute Gasteiger partial charge is 0.0356 e. The molecule has 1 fully saturated rings. The molecule has 16 heavy (non-hydrogen) atoms. The highest BCUT2D eigenvalue weighted by molar-refractivity contribution is 9.10. The monoisotopic (exact) mass is 282 g/mol. The van der Waals surface area contributed by atoms with Gasteiger partial charge in [-0.3, -0.25) is 0 Å². The second kappa shape index (κ2) is 5.19. The first kappa shape index (κ1) is 11.9. The molecule has 1 saturated carbocycles. The third-order valence-corrected chi connectivity index (χ3v) is 3.64. The average molecular weight is 283 g/mol. The molecule has 0 unspecified atom stereocenters. The van der Waals surface area contributed by atoms with Crippen molar-refractivity contribution in [1.29, 1.82) is 0 Å². The van der Waals surface area contributed by atoms with Crippen molar-refractivity contribution in [3.63, 3.8) is 0 Å². The number of aryl methyl sites for hydroxylation is 1. The number of hydrogen-bond donors (Lipinski definition) is 2. The Morgan fingerprint density at radius 2 is 1.88 bits per heavy atom. The van der Waals surface area contributed by atoms with Crippen molar-refractivity contribution in [2.75, 3.05) is 5.32 Å². The summed E-state index contributed by atoms with van der Waals surface area (Å²) in [6, 6.07) is 7.47. The van der Waals surface area contributed by atoms with Gasteiger partial charge < -0.3 is 11.1 Å². The number of rotatable bonds is 2. The molecule has 0 aliphatic heterocycles. The summed E-state index contributed by atoms with van der Waals surface area (Å²) in [5.41, 5.74) is 8.40. The second-order valence-electron chi connectivity index (χ2n) is 4.77. The zero-order valence-electron chi connectivity index (χ0n) is 9.67. The van der Waals surface area contributed by atoms with Gasteiger partial charge in [-0.2, -0.15) is 0 Å². The van der Waals surface area contributed by atoms with Crippen molar-refractivity contribution < 1.29 is 0 Å². The van der Waals surface area contributed by atoms with E-state index < -0.39 is 0 Å². The minimum Gasteiger partial charge on any atom is -0.382 e. The van der Waals surface area contributed by atoms with Crippen LogP contribution in [0.3, 0.4) is 0 Å². The summed E-state index contributed by atoms with van der Waals surface area (Å²) < 4.78 is 1.14. The summed E-state index contributed by atoms with van der Waals surface area (Å²) in [6.45, 7) is 2.12. The van der Waals surface area contributed by atoms with Gasteiger partial charge in [0.05, 0.1) is 0 Å². The van der Waals surface area contributed by atoms with E-state index in [0.29, 0.717) is 12.1 Å². The fourth-order valence-corrected chi connectivity index (χ4v) is 2.93. The van der Waals surface area contributed by atoms with Crippen molar-refractivity contribution in [1.82, 2.24) is 0 Å². The molecule has 0 saturated heterocycles. The van der Waals surface area contributed by atoms with E-state index in [1.807, 2.05) is 0 Å². The first-order valence-electron chi connectivity index (χ1n) is 5.93. The molecule has 2 nitrogen and oxygen atoms in total. The number of nitrogens with two attached hydrogens (primary N) is 1. The topological polar surface area (TPSA) is 38.0 Å². The van der Waals surface area contributed by atoms with Gasteiger partial charge in [0.15, 0.2) is 0 Å². The molecule has 0 amide bonds. The second-order valence-corrected chi connectivity index (χ2v) is 5.69. The summed E-state index contributed by atoms with van der Waals surface area (Å²) in [5.74, 6) is 0. The lowest BCUT2D eigenvalue weighted by Crippen LogP contribution is -2.32. The Labute approximate surface area is 106 Å². The molecule has 0 heterocycles. The number of hydrogen-bond acceptors (Lipinski definition) is 2. The molecule has 0 spiro atoms. The highest BCUT2D eigenvalue weighted by atomic mass is 79.9. The lowest BCUT2D eigenvalue weighted by molar-refractivity contribution is 0.411. The van der Waals surface area contributed by atoms with E-state index in [-0.39, 0.29) is 0 Å². The molecular formula is C13H19BrN2. The average Bonchev–Trinajstić information content (AvgIpc) is 2.20.